The van der Waals surface area contributed by atoms with Crippen LogP contribution in [0.15, 0.2) is 48.5 Å². The minimum Gasteiger partial charge on any atom is -0.494 e. The lowest BCUT2D eigenvalue weighted by Crippen LogP contribution is -2.13. The van der Waals surface area contributed by atoms with Gasteiger partial charge in [0.25, 0.3) is 0 Å². The highest BCUT2D eigenvalue weighted by Crippen LogP contribution is 2.30. The Bertz CT molecular complexity index is 917. The van der Waals surface area contributed by atoms with Crippen molar-refractivity contribution in [1.82, 2.24) is 4.98 Å². The summed E-state index contributed by atoms with van der Waals surface area (Å²) < 4.78 is 34.1. The SMILES string of the molecule is COc1cccc2c(NCC(O)c3ccc(OC(F)F)cc3)cc(C)nc12. The number of pyridine rings is 1. The smallest absolute Gasteiger partial charge is 0.387 e. The molecule has 0 saturated carbocycles. The van der Waals surface area contributed by atoms with Crippen LogP contribution in [0.2, 0.25) is 0 Å². The highest BCUT2D eigenvalue weighted by molar-refractivity contribution is 5.95. The Balaban J connectivity index is 1.76. The fraction of sp³-hybridized carbons (Fsp3) is 0.250. The first-order valence-corrected chi connectivity index (χ1v) is 8.39. The lowest BCUT2D eigenvalue weighted by molar-refractivity contribution is -0.0498. The molecular formula is C20H20F2N2O3. The van der Waals surface area contributed by atoms with E-state index in [1.54, 1.807) is 19.2 Å². The maximum atomic E-state index is 12.2. The lowest BCUT2D eigenvalue weighted by atomic mass is 10.1. The van der Waals surface area contributed by atoms with Crippen molar-refractivity contribution in [3.05, 3.63) is 59.8 Å². The number of ether oxygens (including phenoxy) is 2. The molecular weight excluding hydrogens is 354 g/mol. The van der Waals surface area contributed by atoms with E-state index in [4.69, 9.17) is 4.74 Å². The van der Waals surface area contributed by atoms with Gasteiger partial charge in [0.2, 0.25) is 0 Å². The molecule has 2 aromatic carbocycles. The molecule has 0 aliphatic carbocycles. The summed E-state index contributed by atoms with van der Waals surface area (Å²) in [7, 11) is 1.59. The number of hydrogen-bond donors (Lipinski definition) is 2. The molecule has 0 aliphatic rings. The largest absolute Gasteiger partial charge is 0.494 e. The number of methoxy groups -OCH3 is 1. The highest BCUT2D eigenvalue weighted by Gasteiger charge is 2.12. The van der Waals surface area contributed by atoms with Gasteiger partial charge in [-0.25, -0.2) is 4.98 Å². The topological polar surface area (TPSA) is 63.6 Å². The number of para-hydroxylation sites is 1. The molecule has 0 radical (unpaired) electrons. The molecule has 1 atom stereocenters. The van der Waals surface area contributed by atoms with Crippen LogP contribution in [0.25, 0.3) is 10.9 Å². The maximum Gasteiger partial charge on any atom is 0.387 e. The summed E-state index contributed by atoms with van der Waals surface area (Å²) in [5, 5.41) is 14.5. The minimum atomic E-state index is -2.87. The number of halogens is 2. The molecule has 0 amide bonds. The van der Waals surface area contributed by atoms with E-state index < -0.39 is 12.7 Å². The van der Waals surface area contributed by atoms with Crippen LogP contribution in [0.3, 0.4) is 0 Å². The molecule has 142 valence electrons. The number of aromatic nitrogens is 1. The number of fused-ring (bicyclic) bond motifs is 1. The number of nitrogens with zero attached hydrogens (tertiary/aromatic N) is 1. The van der Waals surface area contributed by atoms with E-state index in [1.807, 2.05) is 31.2 Å². The Morgan fingerprint density at radius 1 is 1.15 bits per heavy atom. The standard InChI is InChI=1S/C20H20F2N2O3/c1-12-10-16(15-4-3-5-18(26-2)19(15)24-12)23-11-17(25)13-6-8-14(9-7-13)27-20(21)22/h3-10,17,20,25H,11H2,1-2H3,(H,23,24). The second-order valence-electron chi connectivity index (χ2n) is 6.01. The van der Waals surface area contributed by atoms with Crippen molar-refractivity contribution >= 4 is 16.6 Å². The third kappa shape index (κ3) is 4.43. The summed E-state index contributed by atoms with van der Waals surface area (Å²) in [6.07, 6.45) is -0.820. The van der Waals surface area contributed by atoms with Gasteiger partial charge in [-0.2, -0.15) is 8.78 Å². The van der Waals surface area contributed by atoms with E-state index >= 15 is 0 Å². The van der Waals surface area contributed by atoms with E-state index in [9.17, 15) is 13.9 Å². The number of benzene rings is 2. The van der Waals surface area contributed by atoms with Gasteiger partial charge in [0.15, 0.2) is 0 Å². The number of nitrogens with one attached hydrogen (secondary N) is 1. The average Bonchev–Trinajstić information content (AvgIpc) is 2.65. The van der Waals surface area contributed by atoms with Crippen LogP contribution < -0.4 is 14.8 Å². The van der Waals surface area contributed by atoms with E-state index in [2.05, 4.69) is 15.0 Å². The summed E-state index contributed by atoms with van der Waals surface area (Å²) in [6.45, 7) is -0.748. The van der Waals surface area contributed by atoms with Crippen LogP contribution in [-0.4, -0.2) is 30.4 Å². The van der Waals surface area contributed by atoms with E-state index in [0.29, 0.717) is 11.3 Å². The van der Waals surface area contributed by atoms with Crippen molar-refractivity contribution in [2.45, 2.75) is 19.6 Å². The number of aryl methyl sites for hydroxylation is 1. The van der Waals surface area contributed by atoms with Gasteiger partial charge >= 0.3 is 6.61 Å². The van der Waals surface area contributed by atoms with Crippen molar-refractivity contribution in [2.75, 3.05) is 19.0 Å². The molecule has 0 fully saturated rings. The summed E-state index contributed by atoms with van der Waals surface area (Å²) in [4.78, 5) is 4.52. The normalized spacial score (nSPS) is 12.2. The predicted octanol–water partition coefficient (Wildman–Crippen LogP) is 4.30. The van der Waals surface area contributed by atoms with Gasteiger partial charge in [0.05, 0.1) is 13.2 Å². The van der Waals surface area contributed by atoms with Crippen LogP contribution in [0.1, 0.15) is 17.4 Å². The van der Waals surface area contributed by atoms with E-state index in [0.717, 1.165) is 22.3 Å². The molecule has 5 nitrogen and oxygen atoms in total. The van der Waals surface area contributed by atoms with Crippen molar-refractivity contribution < 1.29 is 23.4 Å². The zero-order valence-corrected chi connectivity index (χ0v) is 14.9. The molecule has 3 aromatic rings. The van der Waals surface area contributed by atoms with Gasteiger partial charge in [-0.3, -0.25) is 0 Å². The Morgan fingerprint density at radius 3 is 2.56 bits per heavy atom. The Hall–Kier alpha value is -2.93. The average molecular weight is 374 g/mol. The number of aliphatic hydroxyl groups is 1. The summed E-state index contributed by atoms with van der Waals surface area (Å²) in [5.74, 6) is 0.728. The Morgan fingerprint density at radius 2 is 1.89 bits per heavy atom. The molecule has 1 heterocycles. The summed E-state index contributed by atoms with van der Waals surface area (Å²) in [5.41, 5.74) is 2.98. The van der Waals surface area contributed by atoms with Crippen LogP contribution in [-0.2, 0) is 0 Å². The van der Waals surface area contributed by atoms with Gasteiger partial charge in [0, 0.05) is 23.3 Å². The fourth-order valence-corrected chi connectivity index (χ4v) is 2.86. The van der Waals surface area contributed by atoms with Crippen molar-refractivity contribution in [1.29, 1.82) is 0 Å². The molecule has 0 spiro atoms. The second-order valence-corrected chi connectivity index (χ2v) is 6.01. The second kappa shape index (κ2) is 8.18. The quantitative estimate of drug-likeness (QED) is 0.646. The highest BCUT2D eigenvalue weighted by atomic mass is 19.3. The first-order valence-electron chi connectivity index (χ1n) is 8.39. The third-order valence-corrected chi connectivity index (χ3v) is 4.13. The number of anilines is 1. The number of rotatable bonds is 7. The van der Waals surface area contributed by atoms with E-state index in [1.165, 1.54) is 12.1 Å². The van der Waals surface area contributed by atoms with Gasteiger partial charge in [-0.1, -0.05) is 24.3 Å². The molecule has 0 bridgehead atoms. The minimum absolute atomic E-state index is 0.0526. The van der Waals surface area contributed by atoms with Crippen molar-refractivity contribution in [3.63, 3.8) is 0 Å². The molecule has 27 heavy (non-hydrogen) atoms. The first kappa shape index (κ1) is 18.8. The zero-order chi connectivity index (χ0) is 19.4. The van der Waals surface area contributed by atoms with Crippen molar-refractivity contribution in [3.8, 4) is 11.5 Å². The third-order valence-electron chi connectivity index (χ3n) is 4.13. The molecule has 1 aromatic heterocycles. The maximum absolute atomic E-state index is 12.2. The summed E-state index contributed by atoms with van der Waals surface area (Å²) in [6, 6.07) is 13.5. The van der Waals surface area contributed by atoms with Crippen LogP contribution in [0, 0.1) is 6.92 Å². The molecule has 3 rings (SSSR count). The van der Waals surface area contributed by atoms with Gasteiger partial charge in [-0.05, 0) is 36.8 Å². The molecule has 0 aliphatic heterocycles. The zero-order valence-electron chi connectivity index (χ0n) is 14.9. The molecule has 2 N–H and O–H groups in total. The van der Waals surface area contributed by atoms with Crippen molar-refractivity contribution in [2.24, 2.45) is 0 Å². The lowest BCUT2D eigenvalue weighted by Gasteiger charge is -2.16. The Labute approximate surface area is 155 Å². The van der Waals surface area contributed by atoms with Crippen LogP contribution in [0.4, 0.5) is 14.5 Å². The molecule has 7 heteroatoms. The number of alkyl halides is 2. The predicted molar refractivity (Wildman–Crippen MR) is 99.6 cm³/mol. The van der Waals surface area contributed by atoms with Gasteiger partial charge < -0.3 is 19.9 Å². The van der Waals surface area contributed by atoms with Crippen LogP contribution in [0.5, 0.6) is 11.5 Å². The monoisotopic (exact) mass is 374 g/mol. The number of aliphatic hydroxyl groups excluding tert-OH is 1. The Kier molecular flexibility index (Phi) is 5.71. The molecule has 1 unspecified atom stereocenters. The summed E-state index contributed by atoms with van der Waals surface area (Å²) >= 11 is 0. The van der Waals surface area contributed by atoms with Gasteiger partial charge in [0.1, 0.15) is 17.0 Å². The van der Waals surface area contributed by atoms with Gasteiger partial charge in [-0.15, -0.1) is 0 Å². The number of hydrogen-bond acceptors (Lipinski definition) is 5. The fourth-order valence-electron chi connectivity index (χ4n) is 2.86. The van der Waals surface area contributed by atoms with Crippen LogP contribution >= 0.6 is 0 Å². The first-order chi connectivity index (χ1) is 13.0. The van der Waals surface area contributed by atoms with E-state index in [-0.39, 0.29) is 12.3 Å². The molecule has 0 saturated heterocycles.